The van der Waals surface area contributed by atoms with E-state index < -0.39 is 5.97 Å². The molecule has 29 heavy (non-hydrogen) atoms. The first-order valence-electron chi connectivity index (χ1n) is 9.10. The Balaban J connectivity index is 1.75. The Labute approximate surface area is 178 Å². The number of nitrogens with one attached hydrogen (secondary N) is 1. The number of hydrogen-bond donors (Lipinski definition) is 2. The number of furan rings is 1. The van der Waals surface area contributed by atoms with Crippen LogP contribution in [-0.4, -0.2) is 32.6 Å². The molecule has 3 heterocycles. The molecule has 4 rings (SSSR count). The standard InChI is InChI=1S/C21H18ClN3O3S/c1-2-25-19(18(24-21(25)29)15-5-3-4-10-23-15)17-9-8-16(28-17)13-11-12(20(26)27)6-7-14(13)22/h3-11,18-19H,2H2,1H3,(H,24,29)(H,26,27)/t18-,19-/m1/s1. The maximum Gasteiger partial charge on any atom is 0.335 e. The summed E-state index contributed by atoms with van der Waals surface area (Å²) in [6, 6.07) is 13.6. The van der Waals surface area contributed by atoms with Crippen LogP contribution in [0.3, 0.4) is 0 Å². The van der Waals surface area contributed by atoms with Crippen molar-refractivity contribution in [1.82, 2.24) is 15.2 Å². The van der Waals surface area contributed by atoms with Crippen LogP contribution < -0.4 is 5.32 Å². The minimum Gasteiger partial charge on any atom is -0.478 e. The second-order valence-electron chi connectivity index (χ2n) is 6.61. The number of carboxylic acids is 1. The molecule has 1 saturated heterocycles. The summed E-state index contributed by atoms with van der Waals surface area (Å²) in [6.07, 6.45) is 1.75. The van der Waals surface area contributed by atoms with E-state index in [4.69, 9.17) is 28.2 Å². The Morgan fingerprint density at radius 2 is 2.14 bits per heavy atom. The molecular formula is C21H18ClN3O3S. The molecule has 0 unspecified atom stereocenters. The first-order chi connectivity index (χ1) is 14.0. The minimum atomic E-state index is -1.02. The predicted octanol–water partition coefficient (Wildman–Crippen LogP) is 4.69. The van der Waals surface area contributed by atoms with Crippen molar-refractivity contribution in [3.63, 3.8) is 0 Å². The fraction of sp³-hybridized carbons (Fsp3) is 0.190. The van der Waals surface area contributed by atoms with E-state index in [1.54, 1.807) is 18.3 Å². The van der Waals surface area contributed by atoms with Crippen LogP contribution in [0.1, 0.15) is 40.8 Å². The summed E-state index contributed by atoms with van der Waals surface area (Å²) in [7, 11) is 0. The van der Waals surface area contributed by atoms with Crippen LogP contribution in [0.5, 0.6) is 0 Å². The summed E-state index contributed by atoms with van der Waals surface area (Å²) in [4.78, 5) is 17.8. The first kappa shape index (κ1) is 19.4. The van der Waals surface area contributed by atoms with Crippen LogP contribution in [0.2, 0.25) is 5.02 Å². The number of halogens is 1. The number of benzene rings is 1. The number of aromatic nitrogens is 1. The normalized spacial score (nSPS) is 18.7. The van der Waals surface area contributed by atoms with Crippen LogP contribution >= 0.6 is 23.8 Å². The number of thiocarbonyl (C=S) groups is 1. The second kappa shape index (κ2) is 7.85. The Bertz CT molecular complexity index is 1070. The van der Waals surface area contributed by atoms with E-state index >= 15 is 0 Å². The SMILES string of the molecule is CCN1C(=S)N[C@H](c2ccccn2)[C@H]1c1ccc(-c2cc(C(=O)O)ccc2Cl)o1. The van der Waals surface area contributed by atoms with Crippen molar-refractivity contribution in [3.05, 3.63) is 76.8 Å². The third kappa shape index (κ3) is 3.59. The van der Waals surface area contributed by atoms with Gasteiger partial charge in [-0.05, 0) is 61.6 Å². The minimum absolute atomic E-state index is 0.146. The molecule has 2 aromatic heterocycles. The lowest BCUT2D eigenvalue weighted by atomic mass is 10.0. The van der Waals surface area contributed by atoms with E-state index in [0.717, 1.165) is 5.69 Å². The molecule has 3 aromatic rings. The quantitative estimate of drug-likeness (QED) is 0.572. The summed E-state index contributed by atoms with van der Waals surface area (Å²) >= 11 is 11.8. The van der Waals surface area contributed by atoms with Gasteiger partial charge in [0.2, 0.25) is 0 Å². The monoisotopic (exact) mass is 427 g/mol. The summed E-state index contributed by atoms with van der Waals surface area (Å²) < 4.78 is 6.15. The molecule has 0 aliphatic carbocycles. The Kier molecular flexibility index (Phi) is 5.25. The van der Waals surface area contributed by atoms with Gasteiger partial charge in [-0.15, -0.1) is 0 Å². The van der Waals surface area contributed by atoms with Crippen molar-refractivity contribution in [1.29, 1.82) is 0 Å². The van der Waals surface area contributed by atoms with E-state index in [1.165, 1.54) is 12.1 Å². The van der Waals surface area contributed by atoms with Gasteiger partial charge in [-0.1, -0.05) is 17.7 Å². The van der Waals surface area contributed by atoms with Crippen molar-refractivity contribution >= 4 is 34.9 Å². The van der Waals surface area contributed by atoms with Gasteiger partial charge in [-0.2, -0.15) is 0 Å². The molecule has 8 heteroatoms. The topological polar surface area (TPSA) is 78.6 Å². The second-order valence-corrected chi connectivity index (χ2v) is 7.41. The number of rotatable bonds is 5. The number of aromatic carboxylic acids is 1. The van der Waals surface area contributed by atoms with Gasteiger partial charge in [0, 0.05) is 18.3 Å². The van der Waals surface area contributed by atoms with Gasteiger partial charge >= 0.3 is 5.97 Å². The van der Waals surface area contributed by atoms with E-state index in [0.29, 0.717) is 33.8 Å². The molecule has 2 atom stereocenters. The van der Waals surface area contributed by atoms with E-state index in [-0.39, 0.29) is 17.6 Å². The molecule has 6 nitrogen and oxygen atoms in total. The van der Waals surface area contributed by atoms with Crippen LogP contribution in [-0.2, 0) is 0 Å². The van der Waals surface area contributed by atoms with Gasteiger partial charge in [0.25, 0.3) is 0 Å². The van der Waals surface area contributed by atoms with Crippen molar-refractivity contribution in [2.75, 3.05) is 6.54 Å². The lowest BCUT2D eigenvalue weighted by Crippen LogP contribution is -2.29. The van der Waals surface area contributed by atoms with Gasteiger partial charge in [0.1, 0.15) is 17.6 Å². The molecule has 1 aliphatic rings. The van der Waals surface area contributed by atoms with Crippen LogP contribution in [0.4, 0.5) is 0 Å². The number of carbonyl (C=O) groups is 1. The van der Waals surface area contributed by atoms with E-state index in [1.807, 2.05) is 36.1 Å². The van der Waals surface area contributed by atoms with E-state index in [9.17, 15) is 9.90 Å². The molecule has 0 spiro atoms. The summed E-state index contributed by atoms with van der Waals surface area (Å²) in [6.45, 7) is 2.73. The molecular weight excluding hydrogens is 410 g/mol. The Hall–Kier alpha value is -2.90. The maximum atomic E-state index is 11.3. The Morgan fingerprint density at radius 3 is 2.83 bits per heavy atom. The molecule has 0 radical (unpaired) electrons. The molecule has 0 saturated carbocycles. The number of pyridine rings is 1. The van der Waals surface area contributed by atoms with Crippen molar-refractivity contribution in [2.24, 2.45) is 0 Å². The lowest BCUT2D eigenvalue weighted by molar-refractivity contribution is 0.0697. The summed E-state index contributed by atoms with van der Waals surface area (Å²) in [5.41, 5.74) is 1.54. The number of carboxylic acid groups (broad SMARTS) is 1. The van der Waals surface area contributed by atoms with E-state index in [2.05, 4.69) is 10.3 Å². The average molecular weight is 428 g/mol. The average Bonchev–Trinajstić information content (AvgIpc) is 3.32. The van der Waals surface area contributed by atoms with Crippen LogP contribution in [0.25, 0.3) is 11.3 Å². The van der Waals surface area contributed by atoms with Crippen molar-refractivity contribution < 1.29 is 14.3 Å². The third-order valence-electron chi connectivity index (χ3n) is 4.94. The van der Waals surface area contributed by atoms with Gasteiger partial charge in [0.05, 0.1) is 22.3 Å². The van der Waals surface area contributed by atoms with Gasteiger partial charge in [0.15, 0.2) is 5.11 Å². The molecule has 1 aromatic carbocycles. The lowest BCUT2D eigenvalue weighted by Gasteiger charge is -2.24. The molecule has 1 fully saturated rings. The zero-order valence-corrected chi connectivity index (χ0v) is 17.1. The fourth-order valence-electron chi connectivity index (χ4n) is 3.56. The molecule has 148 valence electrons. The molecule has 1 aliphatic heterocycles. The third-order valence-corrected chi connectivity index (χ3v) is 5.62. The summed E-state index contributed by atoms with van der Waals surface area (Å²) in [5, 5.41) is 13.7. The van der Waals surface area contributed by atoms with Crippen molar-refractivity contribution in [3.8, 4) is 11.3 Å². The number of likely N-dealkylation sites (N-methyl/N-ethyl adjacent to an activating group) is 1. The van der Waals surface area contributed by atoms with Gasteiger partial charge in [-0.3, -0.25) is 4.98 Å². The summed E-state index contributed by atoms with van der Waals surface area (Å²) in [5.74, 6) is 0.177. The first-order valence-corrected chi connectivity index (χ1v) is 9.89. The predicted molar refractivity (Wildman–Crippen MR) is 114 cm³/mol. The zero-order chi connectivity index (χ0) is 20.5. The Morgan fingerprint density at radius 1 is 1.31 bits per heavy atom. The highest BCUT2D eigenvalue weighted by molar-refractivity contribution is 7.80. The maximum absolute atomic E-state index is 11.3. The number of hydrogen-bond acceptors (Lipinski definition) is 4. The largest absolute Gasteiger partial charge is 0.478 e. The molecule has 2 N–H and O–H groups in total. The highest BCUT2D eigenvalue weighted by atomic mass is 35.5. The highest BCUT2D eigenvalue weighted by Gasteiger charge is 2.40. The fourth-order valence-corrected chi connectivity index (χ4v) is 4.14. The van der Waals surface area contributed by atoms with Gasteiger partial charge in [-0.25, -0.2) is 4.79 Å². The smallest absolute Gasteiger partial charge is 0.335 e. The van der Waals surface area contributed by atoms with Crippen molar-refractivity contribution in [2.45, 2.75) is 19.0 Å². The molecule has 0 bridgehead atoms. The zero-order valence-electron chi connectivity index (χ0n) is 15.5. The highest BCUT2D eigenvalue weighted by Crippen LogP contribution is 2.41. The van der Waals surface area contributed by atoms with Gasteiger partial charge < -0.3 is 19.7 Å². The molecule has 0 amide bonds. The van der Waals surface area contributed by atoms with Crippen LogP contribution in [0, 0.1) is 0 Å². The van der Waals surface area contributed by atoms with Crippen LogP contribution in [0.15, 0.2) is 59.1 Å². The number of nitrogens with zero attached hydrogens (tertiary/aromatic N) is 2.